The first-order valence-corrected chi connectivity index (χ1v) is 11.8. The second-order valence-electron chi connectivity index (χ2n) is 9.54. The van der Waals surface area contributed by atoms with E-state index >= 15 is 0 Å². The molecule has 4 fully saturated rings. The minimum absolute atomic E-state index is 0.0857. The van der Waals surface area contributed by atoms with E-state index in [1.54, 1.807) is 0 Å². The normalized spacial score (nSPS) is 31.0. The average molecular weight is 411 g/mol. The molecule has 3 N–H and O–H groups in total. The van der Waals surface area contributed by atoms with Crippen LogP contribution >= 0.6 is 11.8 Å². The van der Waals surface area contributed by atoms with Crippen molar-refractivity contribution in [2.75, 3.05) is 11.6 Å². The molecule has 4 saturated carbocycles. The summed E-state index contributed by atoms with van der Waals surface area (Å²) in [5, 5.41) is 4.00. The molecule has 1 amide bonds. The molecule has 5 nitrogen and oxygen atoms in total. The minimum Gasteiger partial charge on any atom is -0.352 e. The Morgan fingerprint density at radius 3 is 2.45 bits per heavy atom. The number of nitrogens with zero attached hydrogens (tertiary/aromatic N) is 2. The zero-order valence-electron chi connectivity index (χ0n) is 17.0. The summed E-state index contributed by atoms with van der Waals surface area (Å²) in [5.41, 5.74) is 2.19. The molecule has 0 radical (unpaired) electrons. The predicted octanol–water partition coefficient (Wildman–Crippen LogP) is 4.08. The Hall–Kier alpha value is -1.95. The van der Waals surface area contributed by atoms with E-state index in [-0.39, 0.29) is 11.9 Å². The van der Waals surface area contributed by atoms with Crippen molar-refractivity contribution in [2.45, 2.75) is 56.6 Å². The summed E-state index contributed by atoms with van der Waals surface area (Å²) < 4.78 is 1.52. The molecule has 0 aliphatic heterocycles. The third-order valence-corrected chi connectivity index (χ3v) is 8.45. The van der Waals surface area contributed by atoms with Gasteiger partial charge in [0.25, 0.3) is 0 Å². The number of nitrogen functional groups attached to an aromatic ring is 1. The van der Waals surface area contributed by atoms with Gasteiger partial charge in [-0.25, -0.2) is 9.66 Å². The number of carbonyl (C=O) groups is 1. The molecule has 4 aliphatic rings. The monoisotopic (exact) mass is 410 g/mol. The van der Waals surface area contributed by atoms with E-state index in [2.05, 4.69) is 17.2 Å². The zero-order chi connectivity index (χ0) is 20.0. The molecule has 6 heteroatoms. The first kappa shape index (κ1) is 19.0. The molecule has 1 aromatic heterocycles. The van der Waals surface area contributed by atoms with Gasteiger partial charge in [-0.05, 0) is 68.6 Å². The van der Waals surface area contributed by atoms with Gasteiger partial charge in [-0.1, -0.05) is 42.1 Å². The fraction of sp³-hybridized carbons (Fsp3) is 0.565. The number of thioether (sulfide) groups is 1. The summed E-state index contributed by atoms with van der Waals surface area (Å²) >= 11 is 1.40. The SMILES string of the molecule is CC(NC(=O)CSc1nc(-c2ccccc2)cn1N)C12CC3CC(CC(C3)C1)C2. The van der Waals surface area contributed by atoms with Crippen molar-refractivity contribution in [3.8, 4) is 11.3 Å². The van der Waals surface area contributed by atoms with Crippen LogP contribution in [0.5, 0.6) is 0 Å². The Morgan fingerprint density at radius 2 is 1.83 bits per heavy atom. The lowest BCUT2D eigenvalue weighted by Crippen LogP contribution is -2.56. The molecule has 6 rings (SSSR count). The highest BCUT2D eigenvalue weighted by molar-refractivity contribution is 7.99. The molecular weight excluding hydrogens is 380 g/mol. The zero-order valence-corrected chi connectivity index (χ0v) is 17.8. The third kappa shape index (κ3) is 3.67. The van der Waals surface area contributed by atoms with Gasteiger partial charge < -0.3 is 11.2 Å². The predicted molar refractivity (Wildman–Crippen MR) is 117 cm³/mol. The van der Waals surface area contributed by atoms with E-state index in [9.17, 15) is 4.79 Å². The molecule has 4 aliphatic carbocycles. The van der Waals surface area contributed by atoms with Crippen molar-refractivity contribution < 1.29 is 4.79 Å². The number of hydrogen-bond acceptors (Lipinski definition) is 4. The Labute approximate surface area is 176 Å². The highest BCUT2D eigenvalue weighted by atomic mass is 32.2. The molecule has 0 saturated heterocycles. The van der Waals surface area contributed by atoms with Crippen LogP contribution < -0.4 is 11.2 Å². The van der Waals surface area contributed by atoms with E-state index in [1.165, 1.54) is 55.0 Å². The van der Waals surface area contributed by atoms with E-state index in [4.69, 9.17) is 5.84 Å². The maximum Gasteiger partial charge on any atom is 0.230 e. The summed E-state index contributed by atoms with van der Waals surface area (Å²) in [4.78, 5) is 17.3. The van der Waals surface area contributed by atoms with Crippen LogP contribution in [0.3, 0.4) is 0 Å². The van der Waals surface area contributed by atoms with Crippen molar-refractivity contribution in [1.82, 2.24) is 15.0 Å². The van der Waals surface area contributed by atoms with Gasteiger partial charge in [0.1, 0.15) is 0 Å². The standard InChI is InChI=1S/C23H30N4OS/c1-15(23-10-16-7-17(11-23)9-18(8-16)12-23)25-21(28)14-29-22-26-20(13-27(22)24)19-5-3-2-4-6-19/h2-6,13,15-18H,7-12,14,24H2,1H3,(H,25,28). The molecule has 1 heterocycles. The lowest BCUT2D eigenvalue weighted by Gasteiger charge is -2.59. The Morgan fingerprint density at radius 1 is 1.21 bits per heavy atom. The van der Waals surface area contributed by atoms with Gasteiger partial charge >= 0.3 is 0 Å². The molecule has 1 aromatic carbocycles. The quantitative estimate of drug-likeness (QED) is 0.556. The van der Waals surface area contributed by atoms with Crippen LogP contribution in [0.2, 0.25) is 0 Å². The molecule has 0 spiro atoms. The van der Waals surface area contributed by atoms with Crippen molar-refractivity contribution in [3.63, 3.8) is 0 Å². The smallest absolute Gasteiger partial charge is 0.230 e. The lowest BCUT2D eigenvalue weighted by molar-refractivity contribution is -0.123. The Kier molecular flexibility index (Phi) is 4.85. The maximum atomic E-state index is 12.7. The molecule has 1 atom stereocenters. The van der Waals surface area contributed by atoms with Gasteiger partial charge in [-0.3, -0.25) is 4.79 Å². The van der Waals surface area contributed by atoms with Crippen molar-refractivity contribution >= 4 is 17.7 Å². The van der Waals surface area contributed by atoms with Crippen LogP contribution in [-0.4, -0.2) is 27.4 Å². The van der Waals surface area contributed by atoms with Gasteiger partial charge in [-0.2, -0.15) is 0 Å². The third-order valence-electron chi connectivity index (χ3n) is 7.48. The largest absolute Gasteiger partial charge is 0.352 e. The minimum atomic E-state index is 0.0857. The van der Waals surface area contributed by atoms with Gasteiger partial charge in [-0.15, -0.1) is 0 Å². The van der Waals surface area contributed by atoms with Gasteiger partial charge in [0.05, 0.1) is 17.6 Å². The van der Waals surface area contributed by atoms with E-state index in [0.29, 0.717) is 16.3 Å². The number of amides is 1. The van der Waals surface area contributed by atoms with Gasteiger partial charge in [0.15, 0.2) is 5.16 Å². The highest BCUT2D eigenvalue weighted by Gasteiger charge is 2.53. The second-order valence-corrected chi connectivity index (χ2v) is 10.5. The summed E-state index contributed by atoms with van der Waals surface area (Å²) in [6.07, 6.45) is 10.0. The van der Waals surface area contributed by atoms with Crippen LogP contribution in [0.15, 0.2) is 41.7 Å². The number of nitrogens with two attached hydrogens (primary N) is 1. The van der Waals surface area contributed by atoms with Gasteiger partial charge in [0, 0.05) is 11.6 Å². The van der Waals surface area contributed by atoms with E-state index in [0.717, 1.165) is 29.0 Å². The van der Waals surface area contributed by atoms with Crippen molar-refractivity contribution in [1.29, 1.82) is 0 Å². The van der Waals surface area contributed by atoms with Crippen LogP contribution in [0, 0.1) is 23.2 Å². The fourth-order valence-electron chi connectivity index (χ4n) is 6.51. The molecule has 154 valence electrons. The molecule has 2 aromatic rings. The Balaban J connectivity index is 1.19. The summed E-state index contributed by atoms with van der Waals surface area (Å²) in [6, 6.07) is 10.2. The molecule has 4 bridgehead atoms. The lowest BCUT2D eigenvalue weighted by atomic mass is 9.48. The number of rotatable bonds is 6. The molecule has 29 heavy (non-hydrogen) atoms. The molecule has 1 unspecified atom stereocenters. The van der Waals surface area contributed by atoms with Crippen LogP contribution in [0.1, 0.15) is 45.4 Å². The van der Waals surface area contributed by atoms with Gasteiger partial charge in [0.2, 0.25) is 5.91 Å². The first-order valence-electron chi connectivity index (χ1n) is 10.8. The summed E-state index contributed by atoms with van der Waals surface area (Å²) in [7, 11) is 0. The number of hydrogen-bond donors (Lipinski definition) is 2. The average Bonchev–Trinajstić information content (AvgIpc) is 3.07. The number of benzene rings is 1. The number of imidazole rings is 1. The second kappa shape index (κ2) is 7.38. The van der Waals surface area contributed by atoms with Crippen LogP contribution in [0.25, 0.3) is 11.3 Å². The number of carbonyl (C=O) groups excluding carboxylic acids is 1. The number of aromatic nitrogens is 2. The number of nitrogens with one attached hydrogen (secondary N) is 1. The van der Waals surface area contributed by atoms with Crippen molar-refractivity contribution in [2.24, 2.45) is 23.2 Å². The van der Waals surface area contributed by atoms with Crippen LogP contribution in [-0.2, 0) is 4.79 Å². The first-order chi connectivity index (χ1) is 14.0. The maximum absolute atomic E-state index is 12.7. The van der Waals surface area contributed by atoms with Crippen LogP contribution in [0.4, 0.5) is 0 Å². The molecular formula is C23H30N4OS. The highest BCUT2D eigenvalue weighted by Crippen LogP contribution is 2.61. The Bertz CT molecular complexity index is 858. The van der Waals surface area contributed by atoms with E-state index in [1.807, 2.05) is 36.5 Å². The topological polar surface area (TPSA) is 72.9 Å². The van der Waals surface area contributed by atoms with Crippen molar-refractivity contribution in [3.05, 3.63) is 36.5 Å². The summed E-state index contributed by atoms with van der Waals surface area (Å²) in [5.74, 6) is 9.20. The summed E-state index contributed by atoms with van der Waals surface area (Å²) in [6.45, 7) is 2.23. The fourth-order valence-corrected chi connectivity index (χ4v) is 7.21. The van der Waals surface area contributed by atoms with E-state index < -0.39 is 0 Å².